The number of nitrogens with zero attached hydrogens (tertiary/aromatic N) is 2. The van der Waals surface area contributed by atoms with Crippen LogP contribution in [0.2, 0.25) is 0 Å². The van der Waals surface area contributed by atoms with Gasteiger partial charge in [0.15, 0.2) is 0 Å². The van der Waals surface area contributed by atoms with E-state index in [4.69, 9.17) is 0 Å². The van der Waals surface area contributed by atoms with E-state index in [9.17, 15) is 4.79 Å². The number of fused-ring (bicyclic) bond motifs is 1. The molecular weight excluding hydrogens is 176 g/mol. The molecule has 3 nitrogen and oxygen atoms in total. The summed E-state index contributed by atoms with van der Waals surface area (Å²) in [5, 5.41) is 0. The van der Waals surface area contributed by atoms with Gasteiger partial charge in [-0.2, -0.15) is 0 Å². The minimum Gasteiger partial charge on any atom is -0.304 e. The van der Waals surface area contributed by atoms with Crippen LogP contribution in [0, 0.1) is 6.92 Å². The van der Waals surface area contributed by atoms with Crippen LogP contribution in [-0.4, -0.2) is 15.2 Å². The van der Waals surface area contributed by atoms with Gasteiger partial charge in [0.05, 0.1) is 0 Å². The molecule has 0 amide bonds. The molecular formula is C11H12N2O. The fourth-order valence-electron chi connectivity index (χ4n) is 1.63. The van der Waals surface area contributed by atoms with Crippen molar-refractivity contribution in [1.82, 2.24) is 9.38 Å². The highest BCUT2D eigenvalue weighted by Crippen LogP contribution is 2.12. The molecule has 2 rings (SSSR count). The minimum absolute atomic E-state index is 0.188. The third-order valence-corrected chi connectivity index (χ3v) is 2.37. The number of rotatable bonds is 2. The molecule has 72 valence electrons. The maximum absolute atomic E-state index is 11.0. The SMILES string of the molecule is CC(=O)Cc1ccc2nccn2c1C. The second-order valence-corrected chi connectivity index (χ2v) is 3.48. The first-order chi connectivity index (χ1) is 6.68. The normalized spacial score (nSPS) is 10.7. The lowest BCUT2D eigenvalue weighted by molar-refractivity contribution is -0.116. The maximum atomic E-state index is 11.0. The van der Waals surface area contributed by atoms with Gasteiger partial charge in [-0.05, 0) is 25.5 Å². The lowest BCUT2D eigenvalue weighted by atomic mass is 10.1. The minimum atomic E-state index is 0.188. The Labute approximate surface area is 82.4 Å². The molecule has 0 saturated carbocycles. The molecule has 0 aliphatic rings. The molecule has 0 unspecified atom stereocenters. The van der Waals surface area contributed by atoms with Gasteiger partial charge in [0.25, 0.3) is 0 Å². The van der Waals surface area contributed by atoms with Crippen molar-refractivity contribution < 1.29 is 4.79 Å². The zero-order chi connectivity index (χ0) is 10.1. The van der Waals surface area contributed by atoms with Crippen molar-refractivity contribution >= 4 is 11.4 Å². The monoisotopic (exact) mass is 188 g/mol. The molecule has 2 aromatic rings. The number of hydrogen-bond acceptors (Lipinski definition) is 2. The Kier molecular flexibility index (Phi) is 2.08. The summed E-state index contributed by atoms with van der Waals surface area (Å²) in [7, 11) is 0. The number of Topliss-reactive ketones (excluding diaryl/α,β-unsaturated/α-hetero) is 1. The summed E-state index contributed by atoms with van der Waals surface area (Å²) in [6, 6.07) is 3.91. The largest absolute Gasteiger partial charge is 0.304 e. The van der Waals surface area contributed by atoms with Crippen LogP contribution in [0.3, 0.4) is 0 Å². The van der Waals surface area contributed by atoms with E-state index in [0.717, 1.165) is 16.9 Å². The van der Waals surface area contributed by atoms with Crippen molar-refractivity contribution in [1.29, 1.82) is 0 Å². The highest BCUT2D eigenvalue weighted by atomic mass is 16.1. The van der Waals surface area contributed by atoms with Gasteiger partial charge in [-0.3, -0.25) is 4.79 Å². The molecule has 2 aromatic heterocycles. The predicted molar refractivity (Wildman–Crippen MR) is 54.3 cm³/mol. The van der Waals surface area contributed by atoms with Gasteiger partial charge in [-0.1, -0.05) is 6.07 Å². The molecule has 0 N–H and O–H groups in total. The average molecular weight is 188 g/mol. The third-order valence-electron chi connectivity index (χ3n) is 2.37. The number of imidazole rings is 1. The first-order valence-electron chi connectivity index (χ1n) is 4.59. The van der Waals surface area contributed by atoms with Gasteiger partial charge < -0.3 is 4.40 Å². The van der Waals surface area contributed by atoms with Crippen molar-refractivity contribution in [3.8, 4) is 0 Å². The van der Waals surface area contributed by atoms with Gasteiger partial charge >= 0.3 is 0 Å². The number of ketones is 1. The van der Waals surface area contributed by atoms with Crippen molar-refractivity contribution in [3.63, 3.8) is 0 Å². The van der Waals surface area contributed by atoms with E-state index in [1.165, 1.54) is 0 Å². The van der Waals surface area contributed by atoms with Crippen molar-refractivity contribution in [3.05, 3.63) is 35.8 Å². The van der Waals surface area contributed by atoms with Crippen LogP contribution in [0.4, 0.5) is 0 Å². The summed E-state index contributed by atoms with van der Waals surface area (Å²) in [6.45, 7) is 3.62. The Morgan fingerprint density at radius 3 is 3.00 bits per heavy atom. The molecule has 0 saturated heterocycles. The Morgan fingerprint density at radius 1 is 1.50 bits per heavy atom. The highest BCUT2D eigenvalue weighted by Gasteiger charge is 2.05. The predicted octanol–water partition coefficient (Wildman–Crippen LogP) is 1.77. The van der Waals surface area contributed by atoms with Gasteiger partial charge in [0.1, 0.15) is 11.4 Å². The lowest BCUT2D eigenvalue weighted by Gasteiger charge is -2.05. The van der Waals surface area contributed by atoms with E-state index in [0.29, 0.717) is 6.42 Å². The molecule has 0 aromatic carbocycles. The topological polar surface area (TPSA) is 34.4 Å². The molecule has 0 aliphatic heterocycles. The average Bonchev–Trinajstić information content (AvgIpc) is 2.57. The van der Waals surface area contributed by atoms with E-state index in [1.807, 2.05) is 29.7 Å². The summed E-state index contributed by atoms with van der Waals surface area (Å²) in [6.07, 6.45) is 4.17. The highest BCUT2D eigenvalue weighted by molar-refractivity contribution is 5.78. The fourth-order valence-corrected chi connectivity index (χ4v) is 1.63. The first-order valence-corrected chi connectivity index (χ1v) is 4.59. The smallest absolute Gasteiger partial charge is 0.136 e. The molecule has 0 atom stereocenters. The Morgan fingerprint density at radius 2 is 2.29 bits per heavy atom. The second-order valence-electron chi connectivity index (χ2n) is 3.48. The van der Waals surface area contributed by atoms with Crippen LogP contribution in [0.1, 0.15) is 18.2 Å². The van der Waals surface area contributed by atoms with Gasteiger partial charge in [-0.25, -0.2) is 4.98 Å². The molecule has 2 heterocycles. The summed E-state index contributed by atoms with van der Waals surface area (Å²) >= 11 is 0. The van der Waals surface area contributed by atoms with Crippen LogP contribution >= 0.6 is 0 Å². The number of hydrogen-bond donors (Lipinski definition) is 0. The van der Waals surface area contributed by atoms with Crippen molar-refractivity contribution in [2.45, 2.75) is 20.3 Å². The van der Waals surface area contributed by atoms with Crippen LogP contribution in [0.15, 0.2) is 24.5 Å². The summed E-state index contributed by atoms with van der Waals surface area (Å²) in [5.74, 6) is 0.188. The first kappa shape index (κ1) is 8.94. The third kappa shape index (κ3) is 1.41. The number of carbonyl (C=O) groups is 1. The number of carbonyl (C=O) groups excluding carboxylic acids is 1. The van der Waals surface area contributed by atoms with E-state index in [-0.39, 0.29) is 5.78 Å². The fraction of sp³-hybridized carbons (Fsp3) is 0.273. The molecule has 0 fully saturated rings. The number of aromatic nitrogens is 2. The number of aryl methyl sites for hydroxylation is 1. The van der Waals surface area contributed by atoms with Gasteiger partial charge in [-0.15, -0.1) is 0 Å². The Hall–Kier alpha value is -1.64. The maximum Gasteiger partial charge on any atom is 0.136 e. The van der Waals surface area contributed by atoms with E-state index in [2.05, 4.69) is 4.98 Å². The lowest BCUT2D eigenvalue weighted by Crippen LogP contribution is -2.02. The summed E-state index contributed by atoms with van der Waals surface area (Å²) in [5.41, 5.74) is 3.09. The molecule has 3 heteroatoms. The summed E-state index contributed by atoms with van der Waals surface area (Å²) in [4.78, 5) is 15.2. The van der Waals surface area contributed by atoms with E-state index >= 15 is 0 Å². The van der Waals surface area contributed by atoms with E-state index in [1.54, 1.807) is 13.1 Å². The quantitative estimate of drug-likeness (QED) is 0.719. The Balaban J connectivity index is 2.56. The molecule has 0 bridgehead atoms. The van der Waals surface area contributed by atoms with Crippen LogP contribution in [0.5, 0.6) is 0 Å². The summed E-state index contributed by atoms with van der Waals surface area (Å²) < 4.78 is 2.00. The van der Waals surface area contributed by atoms with E-state index < -0.39 is 0 Å². The Bertz CT molecular complexity index is 485. The number of pyridine rings is 1. The van der Waals surface area contributed by atoms with Gasteiger partial charge in [0.2, 0.25) is 0 Å². The van der Waals surface area contributed by atoms with Crippen molar-refractivity contribution in [2.24, 2.45) is 0 Å². The van der Waals surface area contributed by atoms with Crippen LogP contribution < -0.4 is 0 Å². The molecule has 0 spiro atoms. The zero-order valence-electron chi connectivity index (χ0n) is 8.32. The molecule has 0 aliphatic carbocycles. The van der Waals surface area contributed by atoms with Crippen LogP contribution in [0.25, 0.3) is 5.65 Å². The second kappa shape index (κ2) is 3.25. The van der Waals surface area contributed by atoms with Crippen LogP contribution in [-0.2, 0) is 11.2 Å². The molecule has 14 heavy (non-hydrogen) atoms. The molecule has 0 radical (unpaired) electrons. The van der Waals surface area contributed by atoms with Crippen molar-refractivity contribution in [2.75, 3.05) is 0 Å². The zero-order valence-corrected chi connectivity index (χ0v) is 8.32. The van der Waals surface area contributed by atoms with Gasteiger partial charge in [0, 0.05) is 24.5 Å². The standard InChI is InChI=1S/C11H12N2O/c1-8(14)7-10-3-4-11-12-5-6-13(11)9(10)2/h3-6H,7H2,1-2H3.